The molecule has 0 bridgehead atoms. The van der Waals surface area contributed by atoms with Gasteiger partial charge in [-0.15, -0.1) is 0 Å². The lowest BCUT2D eigenvalue weighted by atomic mass is 9.80. The maximum atomic E-state index is 3.84. The number of hydrogen-bond donors (Lipinski definition) is 1. The fourth-order valence-corrected chi connectivity index (χ4v) is 9.96. The van der Waals surface area contributed by atoms with Crippen LogP contribution in [0.2, 0.25) is 0 Å². The van der Waals surface area contributed by atoms with Gasteiger partial charge in [-0.2, -0.15) is 0 Å². The minimum atomic E-state index is 0.00863. The Balaban J connectivity index is 1.35. The van der Waals surface area contributed by atoms with Crippen LogP contribution < -0.4 is 10.2 Å². The standard InChI is InChI=1S/C59H100N2/c1-7-9-11-13-15-17-19-21-23-25-27-29-31-33-35-43-51-60-55-47-39-37-45-53(55)58(3,4)50-42-41-49-57-59(5,6)54-46-38-40-48-56(54)61(57)52-44-36-34-32-30-28-26-24-22-20-18-16-14-12-10-8-2/h37-42,45-49,60H,7-36,43-44,50-52H2,1-6H3/b42-41+,57-49+. The van der Waals surface area contributed by atoms with E-state index in [2.05, 4.69) is 119 Å². The highest BCUT2D eigenvalue weighted by atomic mass is 15.2. The first-order valence-electron chi connectivity index (χ1n) is 26.9. The van der Waals surface area contributed by atoms with Crippen molar-refractivity contribution in [3.05, 3.63) is 83.6 Å². The quantitative estimate of drug-likeness (QED) is 0.0675. The molecule has 1 aliphatic rings. The summed E-state index contributed by atoms with van der Waals surface area (Å²) < 4.78 is 0. The molecule has 1 heterocycles. The molecule has 0 unspecified atom stereocenters. The van der Waals surface area contributed by atoms with Gasteiger partial charge in [-0.25, -0.2) is 0 Å². The van der Waals surface area contributed by atoms with Gasteiger partial charge in [0.15, 0.2) is 0 Å². The molecule has 0 saturated heterocycles. The third-order valence-corrected chi connectivity index (χ3v) is 14.1. The second-order valence-corrected chi connectivity index (χ2v) is 20.4. The number of fused-ring (bicyclic) bond motifs is 1. The Morgan fingerprint density at radius 2 is 0.918 bits per heavy atom. The third-order valence-electron chi connectivity index (χ3n) is 14.1. The zero-order chi connectivity index (χ0) is 43.7. The first-order valence-corrected chi connectivity index (χ1v) is 26.9. The molecule has 0 fully saturated rings. The smallest absolute Gasteiger partial charge is 0.0450 e. The molecule has 61 heavy (non-hydrogen) atoms. The second kappa shape index (κ2) is 33.1. The Bertz CT molecular complexity index is 1410. The number of nitrogens with one attached hydrogen (secondary N) is 1. The number of allylic oxidation sites excluding steroid dienone is 4. The highest BCUT2D eigenvalue weighted by Crippen LogP contribution is 2.47. The normalized spacial score (nSPS) is 14.5. The van der Waals surface area contributed by atoms with Crippen molar-refractivity contribution in [2.24, 2.45) is 0 Å². The molecule has 0 atom stereocenters. The van der Waals surface area contributed by atoms with Gasteiger partial charge in [-0.3, -0.25) is 0 Å². The van der Waals surface area contributed by atoms with Crippen molar-refractivity contribution in [2.75, 3.05) is 23.3 Å². The van der Waals surface area contributed by atoms with Gasteiger partial charge >= 0.3 is 0 Å². The summed E-state index contributed by atoms with van der Waals surface area (Å²) in [6.45, 7) is 16.5. The molecule has 0 aromatic heterocycles. The van der Waals surface area contributed by atoms with Crippen molar-refractivity contribution in [3.8, 4) is 0 Å². The van der Waals surface area contributed by atoms with Crippen LogP contribution in [0.5, 0.6) is 0 Å². The fraction of sp³-hybridized carbons (Fsp3) is 0.729. The van der Waals surface area contributed by atoms with E-state index in [0.29, 0.717) is 0 Å². The Hall–Kier alpha value is -2.48. The van der Waals surface area contributed by atoms with E-state index >= 15 is 0 Å². The van der Waals surface area contributed by atoms with Gasteiger partial charge < -0.3 is 10.2 Å². The first-order chi connectivity index (χ1) is 29.8. The van der Waals surface area contributed by atoms with Crippen LogP contribution in [-0.2, 0) is 10.8 Å². The van der Waals surface area contributed by atoms with E-state index in [1.165, 1.54) is 234 Å². The predicted octanol–water partition coefficient (Wildman–Crippen LogP) is 19.5. The van der Waals surface area contributed by atoms with Crippen molar-refractivity contribution in [1.82, 2.24) is 0 Å². The number of benzene rings is 2. The van der Waals surface area contributed by atoms with Crippen molar-refractivity contribution in [2.45, 2.75) is 264 Å². The summed E-state index contributed by atoms with van der Waals surface area (Å²) in [6, 6.07) is 18.2. The summed E-state index contributed by atoms with van der Waals surface area (Å²) in [5.41, 5.74) is 7.14. The van der Waals surface area contributed by atoms with E-state index in [1.807, 2.05) is 0 Å². The van der Waals surface area contributed by atoms with E-state index in [1.54, 1.807) is 0 Å². The molecule has 0 radical (unpaired) electrons. The third kappa shape index (κ3) is 21.6. The van der Waals surface area contributed by atoms with Crippen molar-refractivity contribution in [1.29, 1.82) is 0 Å². The number of unbranched alkanes of at least 4 members (excludes halogenated alkanes) is 30. The number of rotatable bonds is 39. The highest BCUT2D eigenvalue weighted by molar-refractivity contribution is 5.70. The van der Waals surface area contributed by atoms with Gasteiger partial charge in [0.1, 0.15) is 0 Å². The molecule has 3 rings (SSSR count). The minimum Gasteiger partial charge on any atom is -0.385 e. The van der Waals surface area contributed by atoms with Crippen molar-refractivity contribution < 1.29 is 0 Å². The molecule has 346 valence electrons. The van der Waals surface area contributed by atoms with Crippen molar-refractivity contribution >= 4 is 11.4 Å². The molecular formula is C59H100N2. The molecule has 1 aliphatic heterocycles. The number of para-hydroxylation sites is 2. The van der Waals surface area contributed by atoms with Crippen LogP contribution in [0.25, 0.3) is 0 Å². The topological polar surface area (TPSA) is 15.3 Å². The van der Waals surface area contributed by atoms with Crippen LogP contribution in [0.3, 0.4) is 0 Å². The van der Waals surface area contributed by atoms with Gasteiger partial charge in [0.25, 0.3) is 0 Å². The average molecular weight is 837 g/mol. The predicted molar refractivity (Wildman–Crippen MR) is 276 cm³/mol. The van der Waals surface area contributed by atoms with Gasteiger partial charge in [-0.1, -0.05) is 283 Å². The first kappa shape index (κ1) is 52.9. The lowest BCUT2D eigenvalue weighted by molar-refractivity contribution is 0.529. The molecule has 0 aliphatic carbocycles. The molecule has 2 nitrogen and oxygen atoms in total. The van der Waals surface area contributed by atoms with Crippen LogP contribution >= 0.6 is 0 Å². The second-order valence-electron chi connectivity index (χ2n) is 20.4. The number of nitrogens with zero attached hydrogens (tertiary/aromatic N) is 1. The van der Waals surface area contributed by atoms with Crippen LogP contribution in [0.4, 0.5) is 11.4 Å². The summed E-state index contributed by atoms with van der Waals surface area (Å²) in [5, 5.41) is 3.84. The maximum Gasteiger partial charge on any atom is 0.0450 e. The van der Waals surface area contributed by atoms with E-state index < -0.39 is 0 Å². The summed E-state index contributed by atoms with van der Waals surface area (Å²) in [7, 11) is 0. The highest BCUT2D eigenvalue weighted by Gasteiger charge is 2.39. The summed E-state index contributed by atoms with van der Waals surface area (Å²) in [6.07, 6.45) is 53.5. The van der Waals surface area contributed by atoms with E-state index in [0.717, 1.165) is 19.5 Å². The van der Waals surface area contributed by atoms with E-state index in [-0.39, 0.29) is 10.8 Å². The Morgan fingerprint density at radius 3 is 1.41 bits per heavy atom. The monoisotopic (exact) mass is 837 g/mol. The maximum absolute atomic E-state index is 3.84. The Morgan fingerprint density at radius 1 is 0.508 bits per heavy atom. The Labute approximate surface area is 381 Å². The lowest BCUT2D eigenvalue weighted by Gasteiger charge is -2.28. The van der Waals surface area contributed by atoms with Crippen LogP contribution in [0.15, 0.2) is 72.5 Å². The SMILES string of the molecule is CCCCCCCCCCCCCCCCCCNc1ccccc1C(C)(C)C/C=C/C=C1/N(CCCCCCCCCCCCCCCCCC)c2ccccc2C1(C)C. The molecule has 1 N–H and O–H groups in total. The van der Waals surface area contributed by atoms with Gasteiger partial charge in [0.2, 0.25) is 0 Å². The molecule has 0 spiro atoms. The molecule has 2 heteroatoms. The molecule has 0 amide bonds. The minimum absolute atomic E-state index is 0.00863. The largest absolute Gasteiger partial charge is 0.385 e. The van der Waals surface area contributed by atoms with Crippen LogP contribution in [0.1, 0.15) is 265 Å². The number of anilines is 2. The molecular weight excluding hydrogens is 737 g/mol. The van der Waals surface area contributed by atoms with E-state index in [4.69, 9.17) is 0 Å². The molecule has 0 saturated carbocycles. The van der Waals surface area contributed by atoms with Crippen LogP contribution in [0, 0.1) is 0 Å². The van der Waals surface area contributed by atoms with E-state index in [9.17, 15) is 0 Å². The molecule has 2 aromatic carbocycles. The Kier molecular flexibility index (Phi) is 28.7. The zero-order valence-corrected chi connectivity index (χ0v) is 41.5. The fourth-order valence-electron chi connectivity index (χ4n) is 9.96. The zero-order valence-electron chi connectivity index (χ0n) is 41.5. The number of hydrogen-bond acceptors (Lipinski definition) is 2. The lowest BCUT2D eigenvalue weighted by Crippen LogP contribution is -2.27. The molecule has 2 aromatic rings. The van der Waals surface area contributed by atoms with Gasteiger partial charge in [-0.05, 0) is 54.0 Å². The summed E-state index contributed by atoms with van der Waals surface area (Å²) in [4.78, 5) is 2.65. The van der Waals surface area contributed by atoms with Gasteiger partial charge in [0.05, 0.1) is 0 Å². The summed E-state index contributed by atoms with van der Waals surface area (Å²) >= 11 is 0. The average Bonchev–Trinajstić information content (AvgIpc) is 3.47. The van der Waals surface area contributed by atoms with Crippen molar-refractivity contribution in [3.63, 3.8) is 0 Å². The van der Waals surface area contributed by atoms with Gasteiger partial charge in [0, 0.05) is 35.6 Å². The summed E-state index contributed by atoms with van der Waals surface area (Å²) in [5.74, 6) is 0. The van der Waals surface area contributed by atoms with Crippen LogP contribution in [-0.4, -0.2) is 13.1 Å².